The maximum atomic E-state index is 4.59. The van der Waals surface area contributed by atoms with Crippen LogP contribution in [-0.4, -0.2) is 24.8 Å². The number of pyridine rings is 1. The van der Waals surface area contributed by atoms with Crippen LogP contribution in [0, 0.1) is 0 Å². The lowest BCUT2D eigenvalue weighted by molar-refractivity contribution is 0.939. The molecule has 0 saturated carbocycles. The van der Waals surface area contributed by atoms with Gasteiger partial charge in [0.2, 0.25) is 5.65 Å². The number of aromatic nitrogens is 5. The van der Waals surface area contributed by atoms with Crippen molar-refractivity contribution in [2.45, 2.75) is 0 Å². The van der Waals surface area contributed by atoms with E-state index in [0.717, 1.165) is 22.2 Å². The minimum atomic E-state index is 0.676. The van der Waals surface area contributed by atoms with Gasteiger partial charge in [0.1, 0.15) is 17.5 Å². The van der Waals surface area contributed by atoms with Crippen LogP contribution in [-0.2, 0) is 0 Å². The van der Waals surface area contributed by atoms with Gasteiger partial charge in [-0.15, -0.1) is 10.2 Å². The summed E-state index contributed by atoms with van der Waals surface area (Å²) in [5, 5.41) is 13.5. The molecule has 0 atom stereocenters. The van der Waals surface area contributed by atoms with E-state index in [1.165, 1.54) is 0 Å². The number of nitrogens with zero attached hydrogens (tertiary/aromatic N) is 5. The van der Waals surface area contributed by atoms with Crippen LogP contribution < -0.4 is 0 Å². The second kappa shape index (κ2) is 3.84. The highest BCUT2D eigenvalue weighted by Gasteiger charge is 2.11. The van der Waals surface area contributed by atoms with E-state index in [-0.39, 0.29) is 0 Å². The van der Waals surface area contributed by atoms with E-state index < -0.39 is 0 Å². The average molecular weight is 247 g/mol. The van der Waals surface area contributed by atoms with Gasteiger partial charge in [-0.2, -0.15) is 9.61 Å². The Morgan fingerprint density at radius 2 is 1.84 bits per heavy atom. The van der Waals surface area contributed by atoms with Gasteiger partial charge in [0.15, 0.2) is 0 Å². The third-order valence-electron chi connectivity index (χ3n) is 3.06. The SMILES string of the molecule is c1ccc(-c2nn3cnnc3c3ncccc23)cc1. The van der Waals surface area contributed by atoms with Crippen molar-refractivity contribution >= 4 is 16.6 Å². The molecule has 0 aliphatic carbocycles. The fourth-order valence-electron chi connectivity index (χ4n) is 2.20. The Morgan fingerprint density at radius 1 is 0.947 bits per heavy atom. The number of rotatable bonds is 1. The van der Waals surface area contributed by atoms with E-state index in [0.29, 0.717) is 5.65 Å². The third-order valence-corrected chi connectivity index (χ3v) is 3.06. The first-order chi connectivity index (χ1) is 9.43. The van der Waals surface area contributed by atoms with Crippen molar-refractivity contribution in [3.8, 4) is 11.3 Å². The number of benzene rings is 1. The van der Waals surface area contributed by atoms with Gasteiger partial charge in [0.05, 0.1) is 0 Å². The number of fused-ring (bicyclic) bond motifs is 3. The fraction of sp³-hybridized carbons (Fsp3) is 0. The summed E-state index contributed by atoms with van der Waals surface area (Å²) in [6.07, 6.45) is 3.35. The first-order valence-electron chi connectivity index (χ1n) is 5.94. The van der Waals surface area contributed by atoms with Crippen LogP contribution in [0.2, 0.25) is 0 Å². The van der Waals surface area contributed by atoms with Crippen LogP contribution in [0.4, 0.5) is 0 Å². The molecule has 0 fully saturated rings. The van der Waals surface area contributed by atoms with Crippen LogP contribution in [0.15, 0.2) is 55.0 Å². The average Bonchev–Trinajstić information content (AvgIpc) is 2.96. The minimum Gasteiger partial charge on any atom is -0.252 e. The van der Waals surface area contributed by atoms with E-state index in [2.05, 4.69) is 20.3 Å². The Bertz CT molecular complexity index is 867. The molecule has 0 radical (unpaired) electrons. The molecule has 0 amide bonds. The molecule has 0 saturated heterocycles. The van der Waals surface area contributed by atoms with Gasteiger partial charge >= 0.3 is 0 Å². The molecule has 5 heteroatoms. The quantitative estimate of drug-likeness (QED) is 0.518. The molecule has 0 unspecified atom stereocenters. The van der Waals surface area contributed by atoms with E-state index in [1.807, 2.05) is 42.5 Å². The van der Waals surface area contributed by atoms with Crippen molar-refractivity contribution in [3.05, 3.63) is 55.0 Å². The molecule has 0 aliphatic rings. The van der Waals surface area contributed by atoms with Gasteiger partial charge in [0.25, 0.3) is 0 Å². The van der Waals surface area contributed by atoms with Crippen molar-refractivity contribution in [1.29, 1.82) is 0 Å². The van der Waals surface area contributed by atoms with Crippen LogP contribution in [0.25, 0.3) is 27.8 Å². The number of hydrogen-bond acceptors (Lipinski definition) is 4. The van der Waals surface area contributed by atoms with E-state index in [4.69, 9.17) is 0 Å². The number of hydrogen-bond donors (Lipinski definition) is 0. The van der Waals surface area contributed by atoms with E-state index in [9.17, 15) is 0 Å². The van der Waals surface area contributed by atoms with Gasteiger partial charge in [-0.05, 0) is 12.1 Å². The summed E-state index contributed by atoms with van der Waals surface area (Å²) in [4.78, 5) is 4.40. The van der Waals surface area contributed by atoms with Gasteiger partial charge in [-0.25, -0.2) is 0 Å². The van der Waals surface area contributed by atoms with Crippen molar-refractivity contribution < 1.29 is 0 Å². The summed E-state index contributed by atoms with van der Waals surface area (Å²) in [5.41, 5.74) is 3.43. The van der Waals surface area contributed by atoms with Crippen LogP contribution in [0.5, 0.6) is 0 Å². The molecule has 19 heavy (non-hydrogen) atoms. The molecule has 3 heterocycles. The maximum Gasteiger partial charge on any atom is 0.203 e. The molecular formula is C14H9N5. The molecule has 0 spiro atoms. The summed E-state index contributed by atoms with van der Waals surface area (Å²) in [5.74, 6) is 0. The second-order valence-electron chi connectivity index (χ2n) is 4.21. The first kappa shape index (κ1) is 10.1. The van der Waals surface area contributed by atoms with Crippen molar-refractivity contribution in [2.75, 3.05) is 0 Å². The molecule has 4 rings (SSSR count). The Kier molecular flexibility index (Phi) is 2.05. The van der Waals surface area contributed by atoms with E-state index in [1.54, 1.807) is 17.0 Å². The van der Waals surface area contributed by atoms with Crippen molar-refractivity contribution in [1.82, 2.24) is 24.8 Å². The van der Waals surface area contributed by atoms with Gasteiger partial charge < -0.3 is 0 Å². The Hall–Kier alpha value is -2.82. The Labute approximate surface area is 108 Å². The molecule has 4 aromatic rings. The zero-order chi connectivity index (χ0) is 12.7. The van der Waals surface area contributed by atoms with Crippen LogP contribution in [0.1, 0.15) is 0 Å². The lowest BCUT2D eigenvalue weighted by atomic mass is 10.1. The minimum absolute atomic E-state index is 0.676. The monoisotopic (exact) mass is 247 g/mol. The molecule has 0 aliphatic heterocycles. The fourth-order valence-corrected chi connectivity index (χ4v) is 2.20. The topological polar surface area (TPSA) is 56.0 Å². The standard InChI is InChI=1S/C14H9N5/c1-2-5-10(6-3-1)12-11-7-4-8-15-13(11)14-17-16-9-19(14)18-12/h1-9H. The van der Waals surface area contributed by atoms with Crippen LogP contribution in [0.3, 0.4) is 0 Å². The van der Waals surface area contributed by atoms with Gasteiger partial charge in [0, 0.05) is 17.1 Å². The summed E-state index contributed by atoms with van der Waals surface area (Å²) in [6, 6.07) is 14.0. The summed E-state index contributed by atoms with van der Waals surface area (Å²) < 4.78 is 1.66. The molecule has 0 bridgehead atoms. The largest absolute Gasteiger partial charge is 0.252 e. The van der Waals surface area contributed by atoms with Crippen LogP contribution >= 0.6 is 0 Å². The molecule has 0 N–H and O–H groups in total. The van der Waals surface area contributed by atoms with Gasteiger partial charge in [-0.3, -0.25) is 4.98 Å². The molecule has 3 aromatic heterocycles. The zero-order valence-electron chi connectivity index (χ0n) is 9.93. The van der Waals surface area contributed by atoms with Gasteiger partial charge in [-0.1, -0.05) is 30.3 Å². The molecule has 5 nitrogen and oxygen atoms in total. The Balaban J connectivity index is 2.19. The molecule has 90 valence electrons. The highest BCUT2D eigenvalue weighted by molar-refractivity contribution is 5.98. The molecule has 1 aromatic carbocycles. The predicted octanol–water partition coefficient (Wildman–Crippen LogP) is 2.34. The lowest BCUT2D eigenvalue weighted by Crippen LogP contribution is -1.97. The third kappa shape index (κ3) is 1.48. The highest BCUT2D eigenvalue weighted by Crippen LogP contribution is 2.26. The summed E-state index contributed by atoms with van der Waals surface area (Å²) >= 11 is 0. The summed E-state index contributed by atoms with van der Waals surface area (Å²) in [7, 11) is 0. The normalized spacial score (nSPS) is 11.2. The first-order valence-corrected chi connectivity index (χ1v) is 5.94. The predicted molar refractivity (Wildman–Crippen MR) is 71.5 cm³/mol. The molecular weight excluding hydrogens is 238 g/mol. The smallest absolute Gasteiger partial charge is 0.203 e. The Morgan fingerprint density at radius 3 is 2.74 bits per heavy atom. The second-order valence-corrected chi connectivity index (χ2v) is 4.21. The maximum absolute atomic E-state index is 4.59. The van der Waals surface area contributed by atoms with Crippen molar-refractivity contribution in [3.63, 3.8) is 0 Å². The van der Waals surface area contributed by atoms with E-state index >= 15 is 0 Å². The lowest BCUT2D eigenvalue weighted by Gasteiger charge is -2.06. The summed E-state index contributed by atoms with van der Waals surface area (Å²) in [6.45, 7) is 0. The zero-order valence-corrected chi connectivity index (χ0v) is 9.93. The highest BCUT2D eigenvalue weighted by atomic mass is 15.3. The van der Waals surface area contributed by atoms with Crippen molar-refractivity contribution in [2.24, 2.45) is 0 Å².